The second-order valence-electron chi connectivity index (χ2n) is 2.98. The fourth-order valence-corrected chi connectivity index (χ4v) is 1.41. The Hall–Kier alpha value is -1.42. The number of phenols is 1. The summed E-state index contributed by atoms with van der Waals surface area (Å²) in [6, 6.07) is 3.09. The first kappa shape index (κ1) is 8.19. The van der Waals surface area contributed by atoms with Crippen molar-refractivity contribution < 1.29 is 14.6 Å². The van der Waals surface area contributed by atoms with Gasteiger partial charge in [0.1, 0.15) is 12.4 Å². The first-order valence-electron chi connectivity index (χ1n) is 4.01. The van der Waals surface area contributed by atoms with Gasteiger partial charge in [-0.15, -0.1) is 0 Å². The van der Waals surface area contributed by atoms with Crippen molar-refractivity contribution in [2.75, 3.05) is 13.7 Å². The zero-order chi connectivity index (χ0) is 9.42. The van der Waals surface area contributed by atoms with Crippen LogP contribution in [0.5, 0.6) is 17.2 Å². The third-order valence-electron chi connectivity index (χ3n) is 2.13. The van der Waals surface area contributed by atoms with E-state index in [0.29, 0.717) is 18.1 Å². The van der Waals surface area contributed by atoms with Crippen LogP contribution in [0, 0.1) is 0 Å². The molecule has 1 heterocycles. The smallest absolute Gasteiger partial charge is 0.164 e. The van der Waals surface area contributed by atoms with Crippen LogP contribution in [0.4, 0.5) is 0 Å². The number of nitrogens with two attached hydrogens (primary N) is 1. The summed E-state index contributed by atoms with van der Waals surface area (Å²) in [5, 5.41) is 9.46. The topological polar surface area (TPSA) is 64.7 Å². The normalized spacial score (nSPS) is 19.4. The summed E-state index contributed by atoms with van der Waals surface area (Å²) in [5.74, 6) is 1.21. The predicted octanol–water partition coefficient (Wildman–Crippen LogP) is 0.793. The maximum Gasteiger partial charge on any atom is 0.164 e. The molecule has 1 aromatic rings. The van der Waals surface area contributed by atoms with E-state index >= 15 is 0 Å². The Bertz CT molecular complexity index is 338. The van der Waals surface area contributed by atoms with E-state index in [9.17, 15) is 5.11 Å². The molecule has 2 rings (SSSR count). The molecule has 1 aliphatic rings. The Morgan fingerprint density at radius 3 is 3.08 bits per heavy atom. The molecule has 0 bridgehead atoms. The second-order valence-corrected chi connectivity index (χ2v) is 2.98. The van der Waals surface area contributed by atoms with Crippen LogP contribution in [0.2, 0.25) is 0 Å². The largest absolute Gasteiger partial charge is 0.504 e. The Morgan fingerprint density at radius 1 is 1.62 bits per heavy atom. The zero-order valence-electron chi connectivity index (χ0n) is 7.28. The Kier molecular flexibility index (Phi) is 1.77. The van der Waals surface area contributed by atoms with E-state index in [0.717, 1.165) is 5.56 Å². The van der Waals surface area contributed by atoms with Crippen LogP contribution in [0.15, 0.2) is 12.1 Å². The standard InChI is InChI=1S/C9H11NO3/c1-12-9-3-8-5(2-7(9)11)6(10)4-13-8/h2-3,6,11H,4,10H2,1H3/t6-/m1/s1. The lowest BCUT2D eigenvalue weighted by atomic mass is 10.1. The lowest BCUT2D eigenvalue weighted by Gasteiger charge is -2.06. The summed E-state index contributed by atoms with van der Waals surface area (Å²) in [6.07, 6.45) is 0. The van der Waals surface area contributed by atoms with Gasteiger partial charge in [-0.1, -0.05) is 0 Å². The van der Waals surface area contributed by atoms with Gasteiger partial charge in [0.05, 0.1) is 13.2 Å². The van der Waals surface area contributed by atoms with Crippen molar-refractivity contribution in [3.8, 4) is 17.2 Å². The second kappa shape index (κ2) is 2.81. The van der Waals surface area contributed by atoms with Crippen LogP contribution in [-0.2, 0) is 0 Å². The van der Waals surface area contributed by atoms with E-state index in [1.54, 1.807) is 12.1 Å². The van der Waals surface area contributed by atoms with Gasteiger partial charge < -0.3 is 20.3 Å². The lowest BCUT2D eigenvalue weighted by molar-refractivity contribution is 0.329. The molecule has 4 nitrogen and oxygen atoms in total. The van der Waals surface area contributed by atoms with Gasteiger partial charge in [-0.2, -0.15) is 0 Å². The van der Waals surface area contributed by atoms with Gasteiger partial charge in [0.25, 0.3) is 0 Å². The van der Waals surface area contributed by atoms with Crippen molar-refractivity contribution in [3.63, 3.8) is 0 Å². The summed E-state index contributed by atoms with van der Waals surface area (Å²) < 4.78 is 10.2. The van der Waals surface area contributed by atoms with E-state index in [2.05, 4.69) is 0 Å². The third kappa shape index (κ3) is 1.19. The molecule has 1 aliphatic heterocycles. The fraction of sp³-hybridized carbons (Fsp3) is 0.333. The predicted molar refractivity (Wildman–Crippen MR) is 47.1 cm³/mol. The number of hydrogen-bond donors (Lipinski definition) is 2. The summed E-state index contributed by atoms with van der Waals surface area (Å²) >= 11 is 0. The van der Waals surface area contributed by atoms with E-state index in [1.165, 1.54) is 7.11 Å². The number of rotatable bonds is 1. The molecule has 1 aromatic carbocycles. The molecule has 0 radical (unpaired) electrons. The van der Waals surface area contributed by atoms with Gasteiger partial charge in [0.15, 0.2) is 11.5 Å². The highest BCUT2D eigenvalue weighted by molar-refractivity contribution is 5.52. The summed E-state index contributed by atoms with van der Waals surface area (Å²) in [6.45, 7) is 0.460. The maximum atomic E-state index is 9.46. The first-order valence-corrected chi connectivity index (χ1v) is 4.01. The Labute approximate surface area is 75.9 Å². The quantitative estimate of drug-likeness (QED) is 0.672. The van der Waals surface area contributed by atoms with Gasteiger partial charge in [-0.25, -0.2) is 0 Å². The zero-order valence-corrected chi connectivity index (χ0v) is 7.28. The average Bonchev–Trinajstić information content (AvgIpc) is 2.47. The van der Waals surface area contributed by atoms with E-state index < -0.39 is 0 Å². The van der Waals surface area contributed by atoms with Crippen LogP contribution < -0.4 is 15.2 Å². The van der Waals surface area contributed by atoms with Crippen molar-refractivity contribution in [1.29, 1.82) is 0 Å². The molecule has 0 spiro atoms. The maximum absolute atomic E-state index is 9.46. The van der Waals surface area contributed by atoms with Crippen LogP contribution >= 0.6 is 0 Å². The molecule has 13 heavy (non-hydrogen) atoms. The van der Waals surface area contributed by atoms with Crippen LogP contribution in [0.25, 0.3) is 0 Å². The minimum Gasteiger partial charge on any atom is -0.504 e. The Morgan fingerprint density at radius 2 is 2.38 bits per heavy atom. The fourth-order valence-electron chi connectivity index (χ4n) is 1.41. The molecule has 4 heteroatoms. The monoisotopic (exact) mass is 181 g/mol. The minimum atomic E-state index is -0.146. The summed E-state index contributed by atoms with van der Waals surface area (Å²) in [7, 11) is 1.50. The van der Waals surface area contributed by atoms with Crippen molar-refractivity contribution in [3.05, 3.63) is 17.7 Å². The van der Waals surface area contributed by atoms with Crippen LogP contribution in [0.1, 0.15) is 11.6 Å². The van der Waals surface area contributed by atoms with Crippen LogP contribution in [0.3, 0.4) is 0 Å². The van der Waals surface area contributed by atoms with Crippen molar-refractivity contribution in [1.82, 2.24) is 0 Å². The highest BCUT2D eigenvalue weighted by atomic mass is 16.5. The van der Waals surface area contributed by atoms with Gasteiger partial charge in [0, 0.05) is 11.6 Å². The first-order chi connectivity index (χ1) is 6.22. The van der Waals surface area contributed by atoms with Crippen molar-refractivity contribution in [2.24, 2.45) is 5.73 Å². The number of phenolic OH excluding ortho intramolecular Hbond substituents is 1. The minimum absolute atomic E-state index is 0.0993. The van der Waals surface area contributed by atoms with E-state index in [1.807, 2.05) is 0 Å². The van der Waals surface area contributed by atoms with Gasteiger partial charge in [0.2, 0.25) is 0 Å². The van der Waals surface area contributed by atoms with E-state index in [-0.39, 0.29) is 11.8 Å². The van der Waals surface area contributed by atoms with Crippen molar-refractivity contribution in [2.45, 2.75) is 6.04 Å². The van der Waals surface area contributed by atoms with E-state index in [4.69, 9.17) is 15.2 Å². The highest BCUT2D eigenvalue weighted by Crippen LogP contribution is 2.39. The SMILES string of the molecule is COc1cc2c(cc1O)[C@H](N)CO2. The summed E-state index contributed by atoms with van der Waals surface area (Å²) in [5.41, 5.74) is 6.56. The molecule has 0 unspecified atom stereocenters. The van der Waals surface area contributed by atoms with Gasteiger partial charge in [-0.05, 0) is 6.07 Å². The number of fused-ring (bicyclic) bond motifs is 1. The molecular weight excluding hydrogens is 170 g/mol. The molecule has 1 atom stereocenters. The molecule has 70 valence electrons. The van der Waals surface area contributed by atoms with Gasteiger partial charge in [-0.3, -0.25) is 0 Å². The number of benzene rings is 1. The number of methoxy groups -OCH3 is 1. The molecule has 0 aliphatic carbocycles. The third-order valence-corrected chi connectivity index (χ3v) is 2.13. The molecule has 0 amide bonds. The molecule has 0 aromatic heterocycles. The lowest BCUT2D eigenvalue weighted by Crippen LogP contribution is -2.10. The number of ether oxygens (including phenoxy) is 2. The van der Waals surface area contributed by atoms with Crippen LogP contribution in [-0.4, -0.2) is 18.8 Å². The molecule has 0 saturated carbocycles. The molecule has 3 N–H and O–H groups in total. The highest BCUT2D eigenvalue weighted by Gasteiger charge is 2.22. The molecular formula is C9H11NO3. The molecule has 0 fully saturated rings. The van der Waals surface area contributed by atoms with Gasteiger partial charge >= 0.3 is 0 Å². The molecule has 0 saturated heterocycles. The Balaban J connectivity index is 2.50. The summed E-state index contributed by atoms with van der Waals surface area (Å²) in [4.78, 5) is 0. The number of aromatic hydroxyl groups is 1. The van der Waals surface area contributed by atoms with Crippen molar-refractivity contribution >= 4 is 0 Å². The average molecular weight is 181 g/mol. The number of hydrogen-bond acceptors (Lipinski definition) is 4.